The maximum absolute atomic E-state index is 11.6. The van der Waals surface area contributed by atoms with Gasteiger partial charge in [-0.1, -0.05) is 24.3 Å². The number of methoxy groups -OCH3 is 2. The summed E-state index contributed by atoms with van der Waals surface area (Å²) in [6, 6.07) is 11.2. The number of rotatable bonds is 2. The van der Waals surface area contributed by atoms with Crippen molar-refractivity contribution in [3.05, 3.63) is 42.0 Å². The Kier molecular flexibility index (Phi) is 2.77. The molecule has 3 nitrogen and oxygen atoms in total. The number of benzene rings is 2. The van der Waals surface area contributed by atoms with Crippen LogP contribution in [0.4, 0.5) is 0 Å². The van der Waals surface area contributed by atoms with Crippen molar-refractivity contribution in [3.8, 4) is 5.75 Å². The molecule has 0 aliphatic rings. The van der Waals surface area contributed by atoms with E-state index in [9.17, 15) is 4.79 Å². The molecule has 2 rings (SSSR count). The van der Waals surface area contributed by atoms with Crippen LogP contribution in [0.5, 0.6) is 5.75 Å². The average molecular weight is 216 g/mol. The summed E-state index contributed by atoms with van der Waals surface area (Å²) in [4.78, 5) is 11.6. The van der Waals surface area contributed by atoms with Crippen LogP contribution in [0.2, 0.25) is 0 Å². The molecule has 2 aromatic carbocycles. The third-order valence-electron chi connectivity index (χ3n) is 2.48. The second-order valence-electron chi connectivity index (χ2n) is 3.39. The molecule has 0 saturated heterocycles. The summed E-state index contributed by atoms with van der Waals surface area (Å²) in [5.74, 6) is 0.300. The molecule has 0 atom stereocenters. The van der Waals surface area contributed by atoms with Crippen molar-refractivity contribution in [2.24, 2.45) is 0 Å². The molecule has 82 valence electrons. The molecule has 0 heterocycles. The number of carbonyl (C=O) groups excluding carboxylic acids is 1. The molecule has 0 spiro atoms. The molecule has 2 aromatic rings. The topological polar surface area (TPSA) is 35.5 Å². The zero-order valence-corrected chi connectivity index (χ0v) is 9.19. The number of ether oxygens (including phenoxy) is 2. The zero-order valence-electron chi connectivity index (χ0n) is 9.19. The lowest BCUT2D eigenvalue weighted by Crippen LogP contribution is -2.02. The number of fused-ring (bicyclic) bond motifs is 1. The Morgan fingerprint density at radius 3 is 2.56 bits per heavy atom. The van der Waals surface area contributed by atoms with E-state index in [-0.39, 0.29) is 5.97 Å². The fourth-order valence-corrected chi connectivity index (χ4v) is 1.68. The van der Waals surface area contributed by atoms with E-state index in [4.69, 9.17) is 9.47 Å². The van der Waals surface area contributed by atoms with E-state index in [1.54, 1.807) is 13.2 Å². The average Bonchev–Trinajstić information content (AvgIpc) is 2.36. The molecule has 0 bridgehead atoms. The van der Waals surface area contributed by atoms with Gasteiger partial charge in [-0.2, -0.15) is 0 Å². The molecular formula is C13H12O3. The first-order valence-corrected chi connectivity index (χ1v) is 4.91. The van der Waals surface area contributed by atoms with Crippen LogP contribution >= 0.6 is 0 Å². The van der Waals surface area contributed by atoms with Crippen molar-refractivity contribution in [1.82, 2.24) is 0 Å². The van der Waals surface area contributed by atoms with E-state index in [1.807, 2.05) is 30.3 Å². The fourth-order valence-electron chi connectivity index (χ4n) is 1.68. The van der Waals surface area contributed by atoms with Crippen LogP contribution in [0.3, 0.4) is 0 Å². The zero-order chi connectivity index (χ0) is 11.5. The van der Waals surface area contributed by atoms with Gasteiger partial charge in [0.05, 0.1) is 19.8 Å². The quantitative estimate of drug-likeness (QED) is 0.724. The molecule has 0 unspecified atom stereocenters. The first kappa shape index (κ1) is 10.5. The van der Waals surface area contributed by atoms with Gasteiger partial charge in [0.25, 0.3) is 0 Å². The fraction of sp³-hybridized carbons (Fsp3) is 0.154. The molecule has 0 N–H and O–H groups in total. The first-order valence-electron chi connectivity index (χ1n) is 4.91. The molecule has 3 heteroatoms. The summed E-state index contributed by atoms with van der Waals surface area (Å²) in [5, 5.41) is 1.83. The van der Waals surface area contributed by atoms with Gasteiger partial charge in [0.2, 0.25) is 0 Å². The smallest absolute Gasteiger partial charge is 0.338 e. The largest absolute Gasteiger partial charge is 0.497 e. The molecular weight excluding hydrogens is 204 g/mol. The van der Waals surface area contributed by atoms with Gasteiger partial charge >= 0.3 is 5.97 Å². The summed E-state index contributed by atoms with van der Waals surface area (Å²) in [7, 11) is 2.95. The highest BCUT2D eigenvalue weighted by Crippen LogP contribution is 2.25. The Hall–Kier alpha value is -2.03. The van der Waals surface area contributed by atoms with Crippen LogP contribution < -0.4 is 4.74 Å². The highest BCUT2D eigenvalue weighted by molar-refractivity contribution is 6.05. The SMILES string of the molecule is COC(=O)c1cc(OC)cc2ccccc12. The Morgan fingerprint density at radius 2 is 1.88 bits per heavy atom. The Morgan fingerprint density at radius 1 is 1.12 bits per heavy atom. The molecule has 0 aromatic heterocycles. The molecule has 0 saturated carbocycles. The van der Waals surface area contributed by atoms with Gasteiger partial charge in [-0.15, -0.1) is 0 Å². The summed E-state index contributed by atoms with van der Waals surface area (Å²) in [5.41, 5.74) is 0.525. The predicted molar refractivity (Wildman–Crippen MR) is 61.8 cm³/mol. The standard InChI is InChI=1S/C13H12O3/c1-15-10-7-9-5-3-4-6-11(9)12(8-10)13(14)16-2/h3-8H,1-2H3. The summed E-state index contributed by atoms with van der Waals surface area (Å²) in [6.45, 7) is 0. The normalized spacial score (nSPS) is 10.1. The molecule has 0 amide bonds. The highest BCUT2D eigenvalue weighted by Gasteiger charge is 2.11. The number of esters is 1. The minimum Gasteiger partial charge on any atom is -0.497 e. The number of carbonyl (C=O) groups is 1. The van der Waals surface area contributed by atoms with E-state index in [0.717, 1.165) is 10.8 Å². The second-order valence-corrected chi connectivity index (χ2v) is 3.39. The van der Waals surface area contributed by atoms with E-state index >= 15 is 0 Å². The lowest BCUT2D eigenvalue weighted by Gasteiger charge is -2.07. The van der Waals surface area contributed by atoms with Gasteiger partial charge in [0.15, 0.2) is 0 Å². The van der Waals surface area contributed by atoms with Gasteiger partial charge in [-0.3, -0.25) is 0 Å². The van der Waals surface area contributed by atoms with Crippen molar-refractivity contribution in [2.75, 3.05) is 14.2 Å². The number of hydrogen-bond acceptors (Lipinski definition) is 3. The van der Waals surface area contributed by atoms with E-state index in [1.165, 1.54) is 7.11 Å². The molecule has 0 radical (unpaired) electrons. The van der Waals surface area contributed by atoms with Gasteiger partial charge in [0, 0.05) is 0 Å². The maximum atomic E-state index is 11.6. The monoisotopic (exact) mass is 216 g/mol. The van der Waals surface area contributed by atoms with Gasteiger partial charge in [-0.25, -0.2) is 4.79 Å². The van der Waals surface area contributed by atoms with Crippen molar-refractivity contribution >= 4 is 16.7 Å². The van der Waals surface area contributed by atoms with Gasteiger partial charge < -0.3 is 9.47 Å². The van der Waals surface area contributed by atoms with Crippen LogP contribution in [-0.4, -0.2) is 20.2 Å². The van der Waals surface area contributed by atoms with Gasteiger partial charge in [-0.05, 0) is 22.9 Å². The molecule has 16 heavy (non-hydrogen) atoms. The Balaban J connectivity index is 2.73. The van der Waals surface area contributed by atoms with Crippen molar-refractivity contribution in [2.45, 2.75) is 0 Å². The van der Waals surface area contributed by atoms with Crippen LogP contribution in [0.25, 0.3) is 10.8 Å². The second kappa shape index (κ2) is 4.23. The molecule has 0 fully saturated rings. The Bertz CT molecular complexity index is 532. The van der Waals surface area contributed by atoms with Crippen LogP contribution in [0, 0.1) is 0 Å². The van der Waals surface area contributed by atoms with E-state index < -0.39 is 0 Å². The van der Waals surface area contributed by atoms with Crippen molar-refractivity contribution in [1.29, 1.82) is 0 Å². The molecule has 0 aliphatic heterocycles. The van der Waals surface area contributed by atoms with E-state index in [0.29, 0.717) is 11.3 Å². The van der Waals surface area contributed by atoms with Crippen LogP contribution in [0.15, 0.2) is 36.4 Å². The van der Waals surface area contributed by atoms with Crippen molar-refractivity contribution < 1.29 is 14.3 Å². The predicted octanol–water partition coefficient (Wildman–Crippen LogP) is 2.64. The minimum absolute atomic E-state index is 0.352. The highest BCUT2D eigenvalue weighted by atomic mass is 16.5. The van der Waals surface area contributed by atoms with E-state index in [2.05, 4.69) is 0 Å². The lowest BCUT2D eigenvalue weighted by molar-refractivity contribution is 0.0602. The third kappa shape index (κ3) is 1.72. The minimum atomic E-state index is -0.352. The lowest BCUT2D eigenvalue weighted by atomic mass is 10.0. The number of hydrogen-bond donors (Lipinski definition) is 0. The van der Waals surface area contributed by atoms with Crippen LogP contribution in [0.1, 0.15) is 10.4 Å². The third-order valence-corrected chi connectivity index (χ3v) is 2.48. The summed E-state index contributed by atoms with van der Waals surface area (Å²) >= 11 is 0. The summed E-state index contributed by atoms with van der Waals surface area (Å²) < 4.78 is 9.90. The van der Waals surface area contributed by atoms with Crippen molar-refractivity contribution in [3.63, 3.8) is 0 Å². The maximum Gasteiger partial charge on any atom is 0.338 e. The van der Waals surface area contributed by atoms with Crippen LogP contribution in [-0.2, 0) is 4.74 Å². The first-order chi connectivity index (χ1) is 7.76. The Labute approximate surface area is 93.6 Å². The summed E-state index contributed by atoms with van der Waals surface area (Å²) in [6.07, 6.45) is 0. The molecule has 0 aliphatic carbocycles. The van der Waals surface area contributed by atoms with Gasteiger partial charge in [0.1, 0.15) is 5.75 Å².